The number of carbonyl (C=O) groups excluding carboxylic acids is 2. The first kappa shape index (κ1) is 18.2. The van der Waals surface area contributed by atoms with Gasteiger partial charge in [-0.05, 0) is 12.5 Å². The van der Waals surface area contributed by atoms with E-state index in [4.69, 9.17) is 9.47 Å². The Morgan fingerprint density at radius 2 is 1.91 bits per heavy atom. The molecule has 124 valence electrons. The second-order valence-electron chi connectivity index (χ2n) is 4.61. The number of aliphatic carboxylic acids is 1. The molecule has 1 aromatic rings. The van der Waals surface area contributed by atoms with Crippen LogP contribution in [0.1, 0.15) is 18.9 Å². The van der Waals surface area contributed by atoms with Gasteiger partial charge >= 0.3 is 18.0 Å². The van der Waals surface area contributed by atoms with Gasteiger partial charge in [0, 0.05) is 6.42 Å². The van der Waals surface area contributed by atoms with Gasteiger partial charge < -0.3 is 14.6 Å². The number of carbonyl (C=O) groups is 3. The lowest BCUT2D eigenvalue weighted by Crippen LogP contribution is -2.60. The van der Waals surface area contributed by atoms with Crippen molar-refractivity contribution in [3.63, 3.8) is 0 Å². The molecule has 0 saturated heterocycles. The average molecular weight is 321 g/mol. The summed E-state index contributed by atoms with van der Waals surface area (Å²) in [5, 5.41) is 11.4. The third-order valence-corrected chi connectivity index (χ3v) is 2.97. The lowest BCUT2D eigenvalue weighted by Gasteiger charge is -2.26. The number of esters is 1. The summed E-state index contributed by atoms with van der Waals surface area (Å²) < 4.78 is 9.70. The van der Waals surface area contributed by atoms with Gasteiger partial charge in [-0.2, -0.15) is 0 Å². The molecule has 1 atom stereocenters. The van der Waals surface area contributed by atoms with Gasteiger partial charge in [-0.15, -0.1) is 6.58 Å². The van der Waals surface area contributed by atoms with E-state index < -0.39 is 23.6 Å². The van der Waals surface area contributed by atoms with Gasteiger partial charge in [-0.1, -0.05) is 36.4 Å². The number of amides is 1. The van der Waals surface area contributed by atoms with Gasteiger partial charge in [0.1, 0.15) is 6.61 Å². The van der Waals surface area contributed by atoms with Crippen LogP contribution in [-0.4, -0.2) is 35.3 Å². The highest BCUT2D eigenvalue weighted by Gasteiger charge is 2.48. The number of alkyl carbamates (subject to hydrolysis) is 1. The average Bonchev–Trinajstić information content (AvgIpc) is 2.53. The zero-order valence-corrected chi connectivity index (χ0v) is 12.8. The van der Waals surface area contributed by atoms with Crippen molar-refractivity contribution >= 4 is 18.0 Å². The Bertz CT molecular complexity index is 571. The maximum Gasteiger partial charge on any atom is 0.408 e. The third-order valence-electron chi connectivity index (χ3n) is 2.97. The number of benzene rings is 1. The van der Waals surface area contributed by atoms with E-state index in [0.717, 1.165) is 5.56 Å². The molecule has 0 aromatic heterocycles. The van der Waals surface area contributed by atoms with Crippen molar-refractivity contribution in [1.82, 2.24) is 5.32 Å². The van der Waals surface area contributed by atoms with Gasteiger partial charge in [0.05, 0.1) is 6.61 Å². The van der Waals surface area contributed by atoms with Crippen LogP contribution in [0.3, 0.4) is 0 Å². The van der Waals surface area contributed by atoms with Crippen molar-refractivity contribution in [2.24, 2.45) is 0 Å². The zero-order valence-electron chi connectivity index (χ0n) is 12.8. The number of hydrogen-bond donors (Lipinski definition) is 2. The Kier molecular flexibility index (Phi) is 6.79. The fraction of sp³-hybridized carbons (Fsp3) is 0.312. The summed E-state index contributed by atoms with van der Waals surface area (Å²) in [6.07, 6.45) is -0.157. The van der Waals surface area contributed by atoms with Crippen LogP contribution in [0.4, 0.5) is 4.79 Å². The first-order chi connectivity index (χ1) is 11.0. The molecule has 1 rings (SSSR count). The standard InChI is InChI=1S/C16H19NO6/c1-3-10-16(13(18)19,14(20)22-4-2)17-15(21)23-11-12-8-6-5-7-9-12/h3,5-9H,1,4,10-11H2,2H3,(H,17,21)(H,18,19)/t16-/m1/s1. The van der Waals surface area contributed by atoms with E-state index in [1.807, 2.05) is 6.07 Å². The summed E-state index contributed by atoms with van der Waals surface area (Å²) in [7, 11) is 0. The summed E-state index contributed by atoms with van der Waals surface area (Å²) in [6.45, 7) is 4.86. The van der Waals surface area contributed by atoms with E-state index in [0.29, 0.717) is 0 Å². The SMILES string of the molecule is C=CC[C@@](NC(=O)OCc1ccccc1)(C(=O)O)C(=O)OCC. The van der Waals surface area contributed by atoms with Crippen molar-refractivity contribution < 1.29 is 29.0 Å². The van der Waals surface area contributed by atoms with Crippen LogP contribution < -0.4 is 5.32 Å². The van der Waals surface area contributed by atoms with Crippen molar-refractivity contribution in [2.45, 2.75) is 25.5 Å². The molecule has 7 heteroatoms. The molecule has 0 unspecified atom stereocenters. The molecule has 0 saturated carbocycles. The predicted octanol–water partition coefficient (Wildman–Crippen LogP) is 1.88. The maximum absolute atomic E-state index is 12.0. The Hall–Kier alpha value is -2.83. The lowest BCUT2D eigenvalue weighted by molar-refractivity contribution is -0.162. The van der Waals surface area contributed by atoms with Crippen molar-refractivity contribution in [3.05, 3.63) is 48.6 Å². The van der Waals surface area contributed by atoms with Crippen molar-refractivity contribution in [3.8, 4) is 0 Å². The molecule has 0 bridgehead atoms. The fourth-order valence-corrected chi connectivity index (χ4v) is 1.82. The van der Waals surface area contributed by atoms with E-state index in [-0.39, 0.29) is 19.6 Å². The minimum atomic E-state index is -2.26. The predicted molar refractivity (Wildman–Crippen MR) is 81.6 cm³/mol. The topological polar surface area (TPSA) is 102 Å². The molecule has 2 N–H and O–H groups in total. The molecule has 0 heterocycles. The molecule has 0 spiro atoms. The number of nitrogens with one attached hydrogen (secondary N) is 1. The molecular formula is C16H19NO6. The molecular weight excluding hydrogens is 302 g/mol. The Morgan fingerprint density at radius 1 is 1.26 bits per heavy atom. The number of ether oxygens (including phenoxy) is 2. The second kappa shape index (κ2) is 8.57. The van der Waals surface area contributed by atoms with Crippen LogP contribution in [-0.2, 0) is 25.7 Å². The minimum Gasteiger partial charge on any atom is -0.479 e. The van der Waals surface area contributed by atoms with E-state index in [1.54, 1.807) is 24.3 Å². The molecule has 0 radical (unpaired) electrons. The van der Waals surface area contributed by atoms with Gasteiger partial charge in [0.2, 0.25) is 5.54 Å². The molecule has 0 aliphatic carbocycles. The number of carboxylic acid groups (broad SMARTS) is 1. The zero-order chi connectivity index (χ0) is 17.3. The molecule has 0 aliphatic rings. The Morgan fingerprint density at radius 3 is 2.43 bits per heavy atom. The maximum atomic E-state index is 12.0. The second-order valence-corrected chi connectivity index (χ2v) is 4.61. The van der Waals surface area contributed by atoms with Crippen molar-refractivity contribution in [1.29, 1.82) is 0 Å². The quantitative estimate of drug-likeness (QED) is 0.430. The monoisotopic (exact) mass is 321 g/mol. The number of hydrogen-bond acceptors (Lipinski definition) is 5. The lowest BCUT2D eigenvalue weighted by atomic mass is 9.95. The molecule has 1 amide bonds. The molecule has 23 heavy (non-hydrogen) atoms. The number of rotatable bonds is 8. The van der Waals surface area contributed by atoms with Crippen LogP contribution in [0, 0.1) is 0 Å². The van der Waals surface area contributed by atoms with Gasteiger partial charge in [-0.25, -0.2) is 14.4 Å². The summed E-state index contributed by atoms with van der Waals surface area (Å²) in [5.41, 5.74) is -1.53. The van der Waals surface area contributed by atoms with Crippen LogP contribution in [0.5, 0.6) is 0 Å². The van der Waals surface area contributed by atoms with Crippen LogP contribution >= 0.6 is 0 Å². The molecule has 0 fully saturated rings. The smallest absolute Gasteiger partial charge is 0.408 e. The van der Waals surface area contributed by atoms with E-state index in [9.17, 15) is 19.5 Å². The highest BCUT2D eigenvalue weighted by molar-refractivity contribution is 6.06. The summed E-state index contributed by atoms with van der Waals surface area (Å²) in [4.78, 5) is 35.4. The fourth-order valence-electron chi connectivity index (χ4n) is 1.82. The first-order valence-electron chi connectivity index (χ1n) is 6.96. The highest BCUT2D eigenvalue weighted by atomic mass is 16.6. The summed E-state index contributed by atoms with van der Waals surface area (Å²) >= 11 is 0. The van der Waals surface area contributed by atoms with Gasteiger partial charge in [0.15, 0.2) is 0 Å². The van der Waals surface area contributed by atoms with E-state index >= 15 is 0 Å². The van der Waals surface area contributed by atoms with E-state index in [1.165, 1.54) is 13.0 Å². The van der Waals surface area contributed by atoms with Gasteiger partial charge in [-0.3, -0.25) is 5.32 Å². The molecule has 7 nitrogen and oxygen atoms in total. The third kappa shape index (κ3) is 4.84. The van der Waals surface area contributed by atoms with Crippen molar-refractivity contribution in [2.75, 3.05) is 6.61 Å². The normalized spacial score (nSPS) is 12.6. The van der Waals surface area contributed by atoms with E-state index in [2.05, 4.69) is 11.9 Å². The summed E-state index contributed by atoms with van der Waals surface area (Å²) in [5.74, 6) is -2.63. The van der Waals surface area contributed by atoms with Crippen LogP contribution in [0.2, 0.25) is 0 Å². The van der Waals surface area contributed by atoms with Crippen LogP contribution in [0.25, 0.3) is 0 Å². The van der Waals surface area contributed by atoms with Crippen LogP contribution in [0.15, 0.2) is 43.0 Å². The Balaban J connectivity index is 2.82. The highest BCUT2D eigenvalue weighted by Crippen LogP contribution is 2.15. The minimum absolute atomic E-state index is 0.0221. The molecule has 1 aromatic carbocycles. The Labute approximate surface area is 133 Å². The molecule has 0 aliphatic heterocycles. The first-order valence-corrected chi connectivity index (χ1v) is 6.96. The summed E-state index contributed by atoms with van der Waals surface area (Å²) in [6, 6.07) is 8.84. The number of carboxylic acids is 1. The van der Waals surface area contributed by atoms with Gasteiger partial charge in [0.25, 0.3) is 0 Å². The largest absolute Gasteiger partial charge is 0.479 e.